The minimum Gasteiger partial charge on any atom is -0.374 e. The lowest BCUT2D eigenvalue weighted by atomic mass is 10.1. The van der Waals surface area contributed by atoms with Crippen molar-refractivity contribution in [3.05, 3.63) is 41.2 Å². The molecule has 1 atom stereocenters. The third-order valence-electron chi connectivity index (χ3n) is 4.09. The lowest BCUT2D eigenvalue weighted by molar-refractivity contribution is 0.0624. The number of ether oxygens (including phenoxy) is 1. The van der Waals surface area contributed by atoms with E-state index in [1.807, 2.05) is 31.4 Å². The highest BCUT2D eigenvalue weighted by Crippen LogP contribution is 2.25. The van der Waals surface area contributed by atoms with E-state index in [4.69, 9.17) is 4.74 Å². The lowest BCUT2D eigenvalue weighted by Gasteiger charge is -2.33. The molecule has 7 heteroatoms. The standard InChI is InChI=1S/C16H21N5O2/c1-4-23-10-14-18-19-15-12(3)20(7-8-21(14)15)16(22)13-6-5-11(2)9-17-13/h5-6,9,12H,4,7-8,10H2,1-3H3/t12-/m1/s1. The Balaban J connectivity index is 1.80. The summed E-state index contributed by atoms with van der Waals surface area (Å²) >= 11 is 0. The second-order valence-corrected chi connectivity index (χ2v) is 5.66. The van der Waals surface area contributed by atoms with Crippen molar-refractivity contribution in [1.29, 1.82) is 0 Å². The number of carbonyl (C=O) groups excluding carboxylic acids is 1. The Morgan fingerprint density at radius 2 is 2.17 bits per heavy atom. The molecule has 2 aromatic rings. The topological polar surface area (TPSA) is 73.1 Å². The van der Waals surface area contributed by atoms with Crippen molar-refractivity contribution in [3.8, 4) is 0 Å². The molecule has 23 heavy (non-hydrogen) atoms. The van der Waals surface area contributed by atoms with Gasteiger partial charge in [-0.05, 0) is 32.4 Å². The fourth-order valence-electron chi connectivity index (χ4n) is 2.76. The molecule has 0 aliphatic carbocycles. The van der Waals surface area contributed by atoms with Crippen LogP contribution in [0.25, 0.3) is 0 Å². The molecule has 1 amide bonds. The van der Waals surface area contributed by atoms with Gasteiger partial charge in [-0.1, -0.05) is 6.07 Å². The van der Waals surface area contributed by atoms with Gasteiger partial charge in [-0.15, -0.1) is 10.2 Å². The van der Waals surface area contributed by atoms with Gasteiger partial charge < -0.3 is 14.2 Å². The molecule has 0 saturated heterocycles. The van der Waals surface area contributed by atoms with Crippen molar-refractivity contribution >= 4 is 5.91 Å². The van der Waals surface area contributed by atoms with Gasteiger partial charge in [0.2, 0.25) is 0 Å². The van der Waals surface area contributed by atoms with Gasteiger partial charge in [0.15, 0.2) is 11.6 Å². The zero-order valence-electron chi connectivity index (χ0n) is 13.7. The quantitative estimate of drug-likeness (QED) is 0.859. The molecule has 122 valence electrons. The number of rotatable bonds is 4. The zero-order chi connectivity index (χ0) is 16.4. The van der Waals surface area contributed by atoms with Gasteiger partial charge in [0.05, 0.1) is 6.04 Å². The number of hydrogen-bond donors (Lipinski definition) is 0. The molecular formula is C16H21N5O2. The van der Waals surface area contributed by atoms with E-state index in [2.05, 4.69) is 15.2 Å². The van der Waals surface area contributed by atoms with E-state index in [-0.39, 0.29) is 11.9 Å². The van der Waals surface area contributed by atoms with Gasteiger partial charge >= 0.3 is 0 Å². The summed E-state index contributed by atoms with van der Waals surface area (Å²) in [5.74, 6) is 1.54. The van der Waals surface area contributed by atoms with Gasteiger partial charge in [-0.3, -0.25) is 9.78 Å². The molecule has 0 saturated carbocycles. The summed E-state index contributed by atoms with van der Waals surface area (Å²) in [4.78, 5) is 18.7. The molecular weight excluding hydrogens is 294 g/mol. The van der Waals surface area contributed by atoms with Crippen molar-refractivity contribution < 1.29 is 9.53 Å². The third kappa shape index (κ3) is 2.96. The van der Waals surface area contributed by atoms with Gasteiger partial charge in [0.1, 0.15) is 12.3 Å². The van der Waals surface area contributed by atoms with Gasteiger partial charge in [-0.2, -0.15) is 0 Å². The Morgan fingerprint density at radius 3 is 2.87 bits per heavy atom. The number of hydrogen-bond acceptors (Lipinski definition) is 5. The summed E-state index contributed by atoms with van der Waals surface area (Å²) in [6, 6.07) is 3.53. The molecule has 0 spiro atoms. The highest BCUT2D eigenvalue weighted by Gasteiger charge is 2.32. The molecule has 0 unspecified atom stereocenters. The highest BCUT2D eigenvalue weighted by atomic mass is 16.5. The van der Waals surface area contributed by atoms with Gasteiger partial charge in [-0.25, -0.2) is 0 Å². The second-order valence-electron chi connectivity index (χ2n) is 5.66. The average molecular weight is 315 g/mol. The van der Waals surface area contributed by atoms with E-state index < -0.39 is 0 Å². The summed E-state index contributed by atoms with van der Waals surface area (Å²) in [7, 11) is 0. The minimum atomic E-state index is -0.137. The smallest absolute Gasteiger partial charge is 0.273 e. The van der Waals surface area contributed by atoms with Crippen LogP contribution in [-0.2, 0) is 17.9 Å². The van der Waals surface area contributed by atoms with Crippen LogP contribution in [0.15, 0.2) is 18.3 Å². The molecule has 0 N–H and O–H groups in total. The van der Waals surface area contributed by atoms with Crippen LogP contribution >= 0.6 is 0 Å². The van der Waals surface area contributed by atoms with Crippen molar-refractivity contribution in [2.75, 3.05) is 13.2 Å². The largest absolute Gasteiger partial charge is 0.374 e. The summed E-state index contributed by atoms with van der Waals surface area (Å²) in [6.07, 6.45) is 1.71. The Morgan fingerprint density at radius 1 is 1.35 bits per heavy atom. The molecule has 3 rings (SSSR count). The maximum atomic E-state index is 12.7. The minimum absolute atomic E-state index is 0.0712. The van der Waals surface area contributed by atoms with Crippen molar-refractivity contribution in [2.24, 2.45) is 0 Å². The Labute approximate surface area is 135 Å². The van der Waals surface area contributed by atoms with E-state index in [9.17, 15) is 4.79 Å². The average Bonchev–Trinajstić information content (AvgIpc) is 2.97. The van der Waals surface area contributed by atoms with Crippen LogP contribution in [0.1, 0.15) is 47.6 Å². The van der Waals surface area contributed by atoms with Crippen LogP contribution < -0.4 is 0 Å². The number of amides is 1. The molecule has 1 aliphatic rings. The van der Waals surface area contributed by atoms with E-state index in [0.717, 1.165) is 17.2 Å². The number of carbonyl (C=O) groups is 1. The number of aryl methyl sites for hydroxylation is 1. The maximum absolute atomic E-state index is 12.7. The molecule has 1 aliphatic heterocycles. The third-order valence-corrected chi connectivity index (χ3v) is 4.09. The monoisotopic (exact) mass is 315 g/mol. The van der Waals surface area contributed by atoms with E-state index >= 15 is 0 Å². The van der Waals surface area contributed by atoms with E-state index in [1.54, 1.807) is 17.2 Å². The number of pyridine rings is 1. The van der Waals surface area contributed by atoms with E-state index in [1.165, 1.54) is 0 Å². The zero-order valence-corrected chi connectivity index (χ0v) is 13.7. The Hall–Kier alpha value is -2.28. The first-order valence-corrected chi connectivity index (χ1v) is 7.85. The lowest BCUT2D eigenvalue weighted by Crippen LogP contribution is -2.41. The Bertz CT molecular complexity index is 695. The van der Waals surface area contributed by atoms with Gasteiger partial charge in [0, 0.05) is 25.9 Å². The normalized spacial score (nSPS) is 17.2. The summed E-state index contributed by atoms with van der Waals surface area (Å²) < 4.78 is 7.47. The molecule has 0 bridgehead atoms. The fraction of sp³-hybridized carbons (Fsp3) is 0.500. The SMILES string of the molecule is CCOCc1nnc2n1CCN(C(=O)c1ccc(C)cn1)[C@@H]2C. The van der Waals surface area contributed by atoms with Gasteiger partial charge in [0.25, 0.3) is 5.91 Å². The predicted octanol–water partition coefficient (Wildman–Crippen LogP) is 1.74. The molecule has 2 aromatic heterocycles. The van der Waals surface area contributed by atoms with Crippen LogP contribution in [0.4, 0.5) is 0 Å². The van der Waals surface area contributed by atoms with Crippen LogP contribution in [0.3, 0.4) is 0 Å². The maximum Gasteiger partial charge on any atom is 0.273 e. The van der Waals surface area contributed by atoms with Crippen molar-refractivity contribution in [3.63, 3.8) is 0 Å². The number of nitrogens with zero attached hydrogens (tertiary/aromatic N) is 5. The first-order chi connectivity index (χ1) is 11.1. The second kappa shape index (κ2) is 6.45. The van der Waals surface area contributed by atoms with Crippen molar-refractivity contribution in [1.82, 2.24) is 24.6 Å². The molecule has 0 aromatic carbocycles. The summed E-state index contributed by atoms with van der Waals surface area (Å²) in [6.45, 7) is 8.24. The molecule has 7 nitrogen and oxygen atoms in total. The Kier molecular flexibility index (Phi) is 4.38. The molecule has 0 fully saturated rings. The number of fused-ring (bicyclic) bond motifs is 1. The molecule has 0 radical (unpaired) electrons. The summed E-state index contributed by atoms with van der Waals surface area (Å²) in [5, 5.41) is 8.45. The predicted molar refractivity (Wildman–Crippen MR) is 83.8 cm³/mol. The first kappa shape index (κ1) is 15.6. The highest BCUT2D eigenvalue weighted by molar-refractivity contribution is 5.92. The van der Waals surface area contributed by atoms with Crippen molar-refractivity contribution in [2.45, 2.75) is 40.0 Å². The first-order valence-electron chi connectivity index (χ1n) is 7.85. The molecule has 3 heterocycles. The number of aromatic nitrogens is 4. The van der Waals surface area contributed by atoms with Crippen LogP contribution in [0.5, 0.6) is 0 Å². The van der Waals surface area contributed by atoms with E-state index in [0.29, 0.717) is 32.0 Å². The van der Waals surface area contributed by atoms with Crippen LogP contribution in [0, 0.1) is 6.92 Å². The van der Waals surface area contributed by atoms with Crippen LogP contribution in [-0.4, -0.2) is 43.7 Å². The van der Waals surface area contributed by atoms with Crippen LogP contribution in [0.2, 0.25) is 0 Å². The summed E-state index contributed by atoms with van der Waals surface area (Å²) in [5.41, 5.74) is 1.50. The fourth-order valence-corrected chi connectivity index (χ4v) is 2.76.